The van der Waals surface area contributed by atoms with Crippen LogP contribution < -0.4 is 16.0 Å². The highest BCUT2D eigenvalue weighted by molar-refractivity contribution is 14.0. The number of hydrogen-bond acceptors (Lipinski definition) is 3. The summed E-state index contributed by atoms with van der Waals surface area (Å²) >= 11 is 6.17. The van der Waals surface area contributed by atoms with Crippen molar-refractivity contribution >= 4 is 59.0 Å². The lowest BCUT2D eigenvalue weighted by atomic mass is 9.88. The first-order chi connectivity index (χ1) is 15.0. The minimum Gasteiger partial charge on any atom is -0.356 e. The molecule has 2 aliphatic rings. The van der Waals surface area contributed by atoms with Crippen LogP contribution >= 0.6 is 35.6 Å². The van der Waals surface area contributed by atoms with Crippen LogP contribution in [-0.2, 0) is 9.59 Å². The number of carbonyl (C=O) groups excluding carboxylic acids is 2. The summed E-state index contributed by atoms with van der Waals surface area (Å²) < 4.78 is 0. The molecule has 7 nitrogen and oxygen atoms in total. The maximum absolute atomic E-state index is 12.7. The number of guanidine groups is 1. The molecular formula is C23H35ClIN5O2. The number of anilines is 1. The van der Waals surface area contributed by atoms with E-state index in [0.29, 0.717) is 42.1 Å². The van der Waals surface area contributed by atoms with Crippen molar-refractivity contribution in [2.45, 2.75) is 57.9 Å². The molecule has 0 aromatic heterocycles. The fourth-order valence-electron chi connectivity index (χ4n) is 4.30. The van der Waals surface area contributed by atoms with Crippen molar-refractivity contribution in [2.24, 2.45) is 10.9 Å². The fourth-order valence-corrected chi connectivity index (χ4v) is 4.58. The molecule has 2 amide bonds. The molecular weight excluding hydrogens is 541 g/mol. The van der Waals surface area contributed by atoms with Crippen LogP contribution in [0.15, 0.2) is 23.2 Å². The molecule has 3 rings (SSSR count). The second kappa shape index (κ2) is 13.2. The molecule has 0 spiro atoms. The lowest BCUT2D eigenvalue weighted by Gasteiger charge is -2.26. The lowest BCUT2D eigenvalue weighted by Crippen LogP contribution is -2.46. The third kappa shape index (κ3) is 7.79. The molecule has 2 fully saturated rings. The van der Waals surface area contributed by atoms with Crippen molar-refractivity contribution in [3.8, 4) is 0 Å². The van der Waals surface area contributed by atoms with Gasteiger partial charge in [0, 0.05) is 45.1 Å². The van der Waals surface area contributed by atoms with Crippen molar-refractivity contribution < 1.29 is 9.59 Å². The first-order valence-electron chi connectivity index (χ1n) is 11.3. The summed E-state index contributed by atoms with van der Waals surface area (Å²) in [7, 11) is 1.71. The summed E-state index contributed by atoms with van der Waals surface area (Å²) in [5.74, 6) is 1.07. The number of nitrogens with zero attached hydrogens (tertiary/aromatic N) is 2. The van der Waals surface area contributed by atoms with Crippen LogP contribution in [0.5, 0.6) is 0 Å². The van der Waals surface area contributed by atoms with E-state index >= 15 is 0 Å². The summed E-state index contributed by atoms with van der Waals surface area (Å²) in [6.07, 6.45) is 6.87. The third-order valence-corrected chi connectivity index (χ3v) is 6.37. The molecule has 1 aliphatic carbocycles. The van der Waals surface area contributed by atoms with Crippen LogP contribution in [0.1, 0.15) is 50.5 Å². The first-order valence-corrected chi connectivity index (χ1v) is 11.7. The molecule has 1 aromatic rings. The lowest BCUT2D eigenvalue weighted by molar-refractivity contribution is -0.135. The molecule has 3 N–H and O–H groups in total. The van der Waals surface area contributed by atoms with Gasteiger partial charge in [-0.1, -0.05) is 36.9 Å². The Morgan fingerprint density at radius 3 is 2.62 bits per heavy atom. The molecule has 1 atom stereocenters. The number of benzene rings is 1. The highest BCUT2D eigenvalue weighted by Crippen LogP contribution is 2.27. The summed E-state index contributed by atoms with van der Waals surface area (Å²) in [4.78, 5) is 31.2. The topological polar surface area (TPSA) is 85.8 Å². The monoisotopic (exact) mass is 575 g/mol. The van der Waals surface area contributed by atoms with Crippen molar-refractivity contribution in [2.75, 3.05) is 32.0 Å². The second-order valence-electron chi connectivity index (χ2n) is 8.53. The Labute approximate surface area is 213 Å². The van der Waals surface area contributed by atoms with Gasteiger partial charge in [-0.2, -0.15) is 0 Å². The van der Waals surface area contributed by atoms with Gasteiger partial charge in [0.05, 0.1) is 10.7 Å². The van der Waals surface area contributed by atoms with E-state index in [0.717, 1.165) is 31.4 Å². The van der Waals surface area contributed by atoms with E-state index in [-0.39, 0.29) is 41.8 Å². The summed E-state index contributed by atoms with van der Waals surface area (Å²) in [6.45, 7) is 3.91. The van der Waals surface area contributed by atoms with E-state index in [9.17, 15) is 9.59 Å². The Bertz CT molecular complexity index is 814. The number of halogens is 2. The molecule has 32 heavy (non-hydrogen) atoms. The fraction of sp³-hybridized carbons (Fsp3) is 0.609. The van der Waals surface area contributed by atoms with Crippen molar-refractivity contribution in [3.63, 3.8) is 0 Å². The number of aryl methyl sites for hydroxylation is 1. The third-order valence-electron chi connectivity index (χ3n) is 6.06. The Morgan fingerprint density at radius 2 is 1.94 bits per heavy atom. The SMILES string of the molecule is CN=C(NCCC(=O)Nc1ccc(C)cc1Cl)NC1CCN(C(=O)C2CCCCC2)C1.I. The smallest absolute Gasteiger partial charge is 0.226 e. The van der Waals surface area contributed by atoms with Crippen LogP contribution in [0.3, 0.4) is 0 Å². The van der Waals surface area contributed by atoms with Crippen molar-refractivity contribution in [1.82, 2.24) is 15.5 Å². The highest BCUT2D eigenvalue weighted by Gasteiger charge is 2.31. The molecule has 1 saturated heterocycles. The zero-order chi connectivity index (χ0) is 22.2. The Hall–Kier alpha value is -1.55. The standard InChI is InChI=1S/C23H34ClN5O2.HI/c1-16-8-9-20(19(24)14-16)28-21(30)10-12-26-23(25-2)27-18-11-13-29(15-18)22(31)17-6-4-3-5-7-17;/h8-9,14,17-18H,3-7,10-13,15H2,1-2H3,(H,28,30)(H2,25,26,27);1H. The molecule has 1 aliphatic heterocycles. The molecule has 9 heteroatoms. The van der Waals surface area contributed by atoms with Gasteiger partial charge in [-0.05, 0) is 43.9 Å². The van der Waals surface area contributed by atoms with Gasteiger partial charge in [0.1, 0.15) is 0 Å². The predicted octanol–water partition coefficient (Wildman–Crippen LogP) is 3.94. The molecule has 1 heterocycles. The summed E-state index contributed by atoms with van der Waals surface area (Å²) in [6, 6.07) is 5.73. The number of hydrogen-bond donors (Lipinski definition) is 3. The average molecular weight is 576 g/mol. The normalized spacial score (nSPS) is 19.3. The van der Waals surface area contributed by atoms with Crippen molar-refractivity contribution in [1.29, 1.82) is 0 Å². The predicted molar refractivity (Wildman–Crippen MR) is 141 cm³/mol. The Balaban J connectivity index is 0.00000363. The number of nitrogens with one attached hydrogen (secondary N) is 3. The Morgan fingerprint density at radius 1 is 1.19 bits per heavy atom. The van der Waals surface area contributed by atoms with E-state index in [1.165, 1.54) is 19.3 Å². The maximum atomic E-state index is 12.7. The quantitative estimate of drug-likeness (QED) is 0.273. The van der Waals surface area contributed by atoms with Crippen LogP contribution in [0.2, 0.25) is 5.02 Å². The molecule has 0 bridgehead atoms. The molecule has 0 radical (unpaired) electrons. The maximum Gasteiger partial charge on any atom is 0.226 e. The summed E-state index contributed by atoms with van der Waals surface area (Å²) in [5, 5.41) is 9.94. The van der Waals surface area contributed by atoms with Crippen LogP contribution in [0, 0.1) is 12.8 Å². The molecule has 178 valence electrons. The number of likely N-dealkylation sites (tertiary alicyclic amines) is 1. The Kier molecular flexibility index (Phi) is 11.0. The zero-order valence-corrected chi connectivity index (χ0v) is 22.0. The van der Waals surface area contributed by atoms with Crippen LogP contribution in [0.25, 0.3) is 0 Å². The average Bonchev–Trinajstić information content (AvgIpc) is 3.23. The zero-order valence-electron chi connectivity index (χ0n) is 19.0. The minimum absolute atomic E-state index is 0. The second-order valence-corrected chi connectivity index (χ2v) is 8.94. The first kappa shape index (κ1) is 26.7. The van der Waals surface area contributed by atoms with Crippen LogP contribution in [-0.4, -0.2) is 55.4 Å². The van der Waals surface area contributed by atoms with E-state index in [1.54, 1.807) is 7.05 Å². The molecule has 1 unspecified atom stereocenters. The van der Waals surface area contributed by atoms with Gasteiger partial charge in [-0.3, -0.25) is 14.6 Å². The van der Waals surface area contributed by atoms with Crippen LogP contribution in [0.4, 0.5) is 5.69 Å². The highest BCUT2D eigenvalue weighted by atomic mass is 127. The molecule has 1 saturated carbocycles. The number of rotatable bonds is 6. The summed E-state index contributed by atoms with van der Waals surface area (Å²) in [5.41, 5.74) is 1.67. The number of carbonyl (C=O) groups is 2. The van der Waals surface area contributed by atoms with Gasteiger partial charge < -0.3 is 20.9 Å². The minimum atomic E-state index is -0.112. The van der Waals surface area contributed by atoms with E-state index in [4.69, 9.17) is 11.6 Å². The largest absolute Gasteiger partial charge is 0.356 e. The van der Waals surface area contributed by atoms with E-state index in [2.05, 4.69) is 20.9 Å². The number of aliphatic imine (C=N–C) groups is 1. The van der Waals surface area contributed by atoms with Gasteiger partial charge in [0.15, 0.2) is 5.96 Å². The molecule has 1 aromatic carbocycles. The van der Waals surface area contributed by atoms with E-state index in [1.807, 2.05) is 30.0 Å². The van der Waals surface area contributed by atoms with Gasteiger partial charge in [0.25, 0.3) is 0 Å². The van der Waals surface area contributed by atoms with Crippen molar-refractivity contribution in [3.05, 3.63) is 28.8 Å². The van der Waals surface area contributed by atoms with Gasteiger partial charge in [0.2, 0.25) is 11.8 Å². The van der Waals surface area contributed by atoms with Gasteiger partial charge in [-0.25, -0.2) is 0 Å². The number of amides is 2. The van der Waals surface area contributed by atoms with Gasteiger partial charge >= 0.3 is 0 Å². The van der Waals surface area contributed by atoms with Gasteiger partial charge in [-0.15, -0.1) is 24.0 Å². The van der Waals surface area contributed by atoms with E-state index < -0.39 is 0 Å².